The molecule has 2 heterocycles. The molecule has 2 nitrogen and oxygen atoms in total. The molecule has 86 valence electrons. The summed E-state index contributed by atoms with van der Waals surface area (Å²) < 4.78 is 6.03. The lowest BCUT2D eigenvalue weighted by Gasteiger charge is -2.24. The van der Waals surface area contributed by atoms with Gasteiger partial charge in [0, 0.05) is 10.6 Å². The first-order valence-electron chi connectivity index (χ1n) is 6.05. The van der Waals surface area contributed by atoms with Crippen LogP contribution in [0.25, 0.3) is 0 Å². The number of nitrogens with one attached hydrogen (secondary N) is 1. The van der Waals surface area contributed by atoms with Gasteiger partial charge in [0.1, 0.15) is 11.9 Å². The molecule has 1 N–H and O–H groups in total. The second kappa shape index (κ2) is 4.68. The normalized spacial score (nSPS) is 20.8. The predicted molar refractivity (Wildman–Crippen MR) is 67.4 cm³/mol. The molecule has 1 aromatic rings. The SMILES string of the molecule is c1cc2c(cc1OC1CCNCC1)SCC2. The number of piperidine rings is 1. The first-order chi connectivity index (χ1) is 7.92. The predicted octanol–water partition coefficient (Wildman–Crippen LogP) is 2.47. The molecule has 0 unspecified atom stereocenters. The van der Waals surface area contributed by atoms with Gasteiger partial charge in [-0.3, -0.25) is 0 Å². The highest BCUT2D eigenvalue weighted by molar-refractivity contribution is 7.99. The van der Waals surface area contributed by atoms with Gasteiger partial charge in [-0.05, 0) is 50.0 Å². The Kier molecular flexibility index (Phi) is 3.06. The van der Waals surface area contributed by atoms with Crippen molar-refractivity contribution >= 4 is 11.8 Å². The fourth-order valence-corrected chi connectivity index (χ4v) is 3.42. The second-order valence-electron chi connectivity index (χ2n) is 4.44. The van der Waals surface area contributed by atoms with Gasteiger partial charge < -0.3 is 10.1 Å². The first kappa shape index (κ1) is 10.5. The van der Waals surface area contributed by atoms with Crippen molar-refractivity contribution in [2.75, 3.05) is 18.8 Å². The van der Waals surface area contributed by atoms with Gasteiger partial charge in [-0.2, -0.15) is 0 Å². The van der Waals surface area contributed by atoms with Crippen LogP contribution in [0.1, 0.15) is 18.4 Å². The van der Waals surface area contributed by atoms with E-state index in [4.69, 9.17) is 4.74 Å². The van der Waals surface area contributed by atoms with Gasteiger partial charge in [0.25, 0.3) is 0 Å². The summed E-state index contributed by atoms with van der Waals surface area (Å²) in [7, 11) is 0. The number of hydrogen-bond acceptors (Lipinski definition) is 3. The summed E-state index contributed by atoms with van der Waals surface area (Å²) in [5.41, 5.74) is 1.49. The molecule has 1 fully saturated rings. The molecular weight excluding hydrogens is 218 g/mol. The van der Waals surface area contributed by atoms with Gasteiger partial charge >= 0.3 is 0 Å². The zero-order valence-corrected chi connectivity index (χ0v) is 10.2. The number of aryl methyl sites for hydroxylation is 1. The molecule has 0 atom stereocenters. The number of benzene rings is 1. The van der Waals surface area contributed by atoms with Crippen LogP contribution in [0.2, 0.25) is 0 Å². The van der Waals surface area contributed by atoms with Crippen molar-refractivity contribution in [1.82, 2.24) is 5.32 Å². The van der Waals surface area contributed by atoms with Crippen molar-refractivity contribution in [1.29, 1.82) is 0 Å². The second-order valence-corrected chi connectivity index (χ2v) is 5.57. The van der Waals surface area contributed by atoms with Crippen LogP contribution in [-0.2, 0) is 6.42 Å². The molecule has 16 heavy (non-hydrogen) atoms. The Morgan fingerprint density at radius 3 is 3.00 bits per heavy atom. The third-order valence-electron chi connectivity index (χ3n) is 3.26. The number of thioether (sulfide) groups is 1. The maximum atomic E-state index is 6.03. The minimum absolute atomic E-state index is 0.408. The fourth-order valence-electron chi connectivity index (χ4n) is 2.33. The lowest BCUT2D eigenvalue weighted by molar-refractivity contribution is 0.162. The summed E-state index contributed by atoms with van der Waals surface area (Å²) in [6.45, 7) is 2.18. The Balaban J connectivity index is 1.69. The van der Waals surface area contributed by atoms with Gasteiger partial charge in [-0.1, -0.05) is 6.07 Å². The highest BCUT2D eigenvalue weighted by Gasteiger charge is 2.16. The molecule has 0 aromatic heterocycles. The number of hydrogen-bond donors (Lipinski definition) is 1. The highest BCUT2D eigenvalue weighted by Crippen LogP contribution is 2.34. The van der Waals surface area contributed by atoms with Crippen LogP contribution >= 0.6 is 11.8 Å². The largest absolute Gasteiger partial charge is 0.490 e. The third kappa shape index (κ3) is 2.20. The van der Waals surface area contributed by atoms with Crippen LogP contribution in [0.3, 0.4) is 0 Å². The smallest absolute Gasteiger partial charge is 0.120 e. The monoisotopic (exact) mass is 235 g/mol. The maximum Gasteiger partial charge on any atom is 0.120 e. The lowest BCUT2D eigenvalue weighted by atomic mass is 10.1. The third-order valence-corrected chi connectivity index (χ3v) is 4.36. The fraction of sp³-hybridized carbons (Fsp3) is 0.538. The maximum absolute atomic E-state index is 6.03. The Morgan fingerprint density at radius 2 is 2.12 bits per heavy atom. The summed E-state index contributed by atoms with van der Waals surface area (Å²) in [6, 6.07) is 6.58. The van der Waals surface area contributed by atoms with Crippen LogP contribution in [0, 0.1) is 0 Å². The zero-order chi connectivity index (χ0) is 10.8. The van der Waals surface area contributed by atoms with Crippen LogP contribution in [-0.4, -0.2) is 24.9 Å². The highest BCUT2D eigenvalue weighted by atomic mass is 32.2. The van der Waals surface area contributed by atoms with Gasteiger partial charge in [0.05, 0.1) is 0 Å². The molecule has 1 saturated heterocycles. The summed E-state index contributed by atoms with van der Waals surface area (Å²) in [5.74, 6) is 2.28. The zero-order valence-electron chi connectivity index (χ0n) is 9.37. The van der Waals surface area contributed by atoms with Crippen LogP contribution in [0.4, 0.5) is 0 Å². The van der Waals surface area contributed by atoms with E-state index in [2.05, 4.69) is 23.5 Å². The Morgan fingerprint density at radius 1 is 1.25 bits per heavy atom. The molecule has 0 aliphatic carbocycles. The molecule has 0 spiro atoms. The molecule has 0 radical (unpaired) electrons. The van der Waals surface area contributed by atoms with Gasteiger partial charge in [-0.25, -0.2) is 0 Å². The molecule has 3 heteroatoms. The van der Waals surface area contributed by atoms with Crippen molar-refractivity contribution in [3.63, 3.8) is 0 Å². The average Bonchev–Trinajstić information content (AvgIpc) is 2.77. The molecule has 0 saturated carbocycles. The molecular formula is C13H17NOS. The van der Waals surface area contributed by atoms with E-state index in [0.29, 0.717) is 6.10 Å². The van der Waals surface area contributed by atoms with E-state index in [-0.39, 0.29) is 0 Å². The van der Waals surface area contributed by atoms with Gasteiger partial charge in [-0.15, -0.1) is 11.8 Å². The average molecular weight is 235 g/mol. The Labute approximate surface area is 101 Å². The summed E-state index contributed by atoms with van der Waals surface area (Å²) in [6.07, 6.45) is 3.88. The number of rotatable bonds is 2. The van der Waals surface area contributed by atoms with E-state index in [9.17, 15) is 0 Å². The molecule has 0 amide bonds. The Bertz CT molecular complexity index is 374. The van der Waals surface area contributed by atoms with Crippen molar-refractivity contribution < 1.29 is 4.74 Å². The van der Waals surface area contributed by atoms with E-state index in [1.807, 2.05) is 11.8 Å². The van der Waals surface area contributed by atoms with E-state index in [1.165, 1.54) is 22.6 Å². The quantitative estimate of drug-likeness (QED) is 0.851. The lowest BCUT2D eigenvalue weighted by Crippen LogP contribution is -2.34. The van der Waals surface area contributed by atoms with Crippen molar-refractivity contribution in [2.45, 2.75) is 30.3 Å². The molecule has 2 aliphatic heterocycles. The van der Waals surface area contributed by atoms with Crippen molar-refractivity contribution in [3.05, 3.63) is 23.8 Å². The number of fused-ring (bicyclic) bond motifs is 1. The van der Waals surface area contributed by atoms with Gasteiger partial charge in [0.2, 0.25) is 0 Å². The summed E-state index contributed by atoms with van der Waals surface area (Å²) >= 11 is 1.95. The van der Waals surface area contributed by atoms with E-state index < -0.39 is 0 Å². The minimum atomic E-state index is 0.408. The summed E-state index contributed by atoms with van der Waals surface area (Å²) in [4.78, 5) is 1.42. The molecule has 3 rings (SSSR count). The molecule has 0 bridgehead atoms. The first-order valence-corrected chi connectivity index (χ1v) is 7.03. The van der Waals surface area contributed by atoms with Crippen LogP contribution in [0.5, 0.6) is 5.75 Å². The van der Waals surface area contributed by atoms with Crippen molar-refractivity contribution in [3.8, 4) is 5.75 Å². The topological polar surface area (TPSA) is 21.3 Å². The minimum Gasteiger partial charge on any atom is -0.490 e. The Hall–Kier alpha value is -0.670. The standard InChI is InChI=1S/C13H17NOS/c1-2-12(9-13-10(1)5-8-16-13)15-11-3-6-14-7-4-11/h1-2,9,11,14H,3-8H2. The van der Waals surface area contributed by atoms with E-state index in [1.54, 1.807) is 0 Å². The van der Waals surface area contributed by atoms with Gasteiger partial charge in [0.15, 0.2) is 0 Å². The summed E-state index contributed by atoms with van der Waals surface area (Å²) in [5, 5.41) is 3.36. The molecule has 2 aliphatic rings. The van der Waals surface area contributed by atoms with E-state index >= 15 is 0 Å². The van der Waals surface area contributed by atoms with Crippen LogP contribution in [0.15, 0.2) is 23.1 Å². The van der Waals surface area contributed by atoms with Crippen LogP contribution < -0.4 is 10.1 Å². The molecule has 1 aromatic carbocycles. The van der Waals surface area contributed by atoms with E-state index in [0.717, 1.165) is 31.7 Å². The number of ether oxygens (including phenoxy) is 1. The van der Waals surface area contributed by atoms with Crippen molar-refractivity contribution in [2.24, 2.45) is 0 Å².